The summed E-state index contributed by atoms with van der Waals surface area (Å²) in [5.74, 6) is 2.62. The number of rotatable bonds is 0. The molecular weight excluding hydrogens is 190 g/mol. The van der Waals surface area contributed by atoms with Gasteiger partial charge in [0.25, 0.3) is 0 Å². The van der Waals surface area contributed by atoms with Gasteiger partial charge >= 0.3 is 0 Å². The van der Waals surface area contributed by atoms with Gasteiger partial charge in [0.2, 0.25) is 0 Å². The highest BCUT2D eigenvalue weighted by Crippen LogP contribution is 2.60. The predicted octanol–water partition coefficient (Wildman–Crippen LogP) is 1.12. The Labute approximate surface area is 90.3 Å². The molecule has 84 valence electrons. The number of nitrogens with two attached hydrogens (primary N) is 1. The zero-order valence-electron chi connectivity index (χ0n) is 9.02. The molecule has 0 atom stereocenters. The van der Waals surface area contributed by atoms with Crippen molar-refractivity contribution in [3.8, 4) is 0 Å². The van der Waals surface area contributed by atoms with Crippen molar-refractivity contribution in [2.24, 2.45) is 29.4 Å². The van der Waals surface area contributed by atoms with E-state index < -0.39 is 0 Å². The summed E-state index contributed by atoms with van der Waals surface area (Å²) >= 11 is 0. The summed E-state index contributed by atoms with van der Waals surface area (Å²) in [4.78, 5) is 0. The van der Waals surface area contributed by atoms with Crippen LogP contribution in [-0.4, -0.2) is 25.0 Å². The van der Waals surface area contributed by atoms with Crippen LogP contribution in [0.5, 0.6) is 0 Å². The normalized spacial score (nSPS) is 55.4. The molecule has 4 bridgehead atoms. The minimum absolute atomic E-state index is 0.173. The van der Waals surface area contributed by atoms with Crippen molar-refractivity contribution in [2.45, 2.75) is 37.5 Å². The third-order valence-corrected chi connectivity index (χ3v) is 5.31. The molecule has 0 amide bonds. The monoisotopic (exact) mass is 209 g/mol. The van der Waals surface area contributed by atoms with Gasteiger partial charge in [-0.3, -0.25) is 0 Å². The summed E-state index contributed by atoms with van der Waals surface area (Å²) in [5, 5.41) is 0. The molecule has 5 fully saturated rings. The summed E-state index contributed by atoms with van der Waals surface area (Å²) < 4.78 is 12.0. The van der Waals surface area contributed by atoms with Crippen molar-refractivity contribution in [1.82, 2.24) is 0 Å². The van der Waals surface area contributed by atoms with Crippen LogP contribution in [0.1, 0.15) is 25.7 Å². The van der Waals surface area contributed by atoms with Crippen LogP contribution in [-0.2, 0) is 9.47 Å². The molecule has 3 heteroatoms. The highest BCUT2D eigenvalue weighted by molar-refractivity contribution is 5.08. The van der Waals surface area contributed by atoms with E-state index in [0.717, 1.165) is 25.0 Å². The maximum absolute atomic E-state index is 6.27. The van der Waals surface area contributed by atoms with Crippen molar-refractivity contribution >= 4 is 0 Å². The van der Waals surface area contributed by atoms with Crippen molar-refractivity contribution in [1.29, 1.82) is 0 Å². The second kappa shape index (κ2) is 2.76. The number of hydrogen-bond donors (Lipinski definition) is 1. The van der Waals surface area contributed by atoms with Crippen LogP contribution < -0.4 is 5.73 Å². The summed E-state index contributed by atoms with van der Waals surface area (Å²) in [6.45, 7) is 1.60. The molecule has 2 N–H and O–H groups in total. The number of ether oxygens (including phenoxy) is 2. The van der Waals surface area contributed by atoms with Gasteiger partial charge in [-0.1, -0.05) is 0 Å². The van der Waals surface area contributed by atoms with Crippen LogP contribution in [0.2, 0.25) is 0 Å². The fourth-order valence-corrected chi connectivity index (χ4v) is 4.77. The molecule has 0 radical (unpaired) electrons. The van der Waals surface area contributed by atoms with Gasteiger partial charge in [-0.05, 0) is 37.5 Å². The fraction of sp³-hybridized carbons (Fsp3) is 1.00. The Kier molecular flexibility index (Phi) is 1.65. The summed E-state index contributed by atoms with van der Waals surface area (Å²) in [6, 6.07) is 0.469. The lowest BCUT2D eigenvalue weighted by Crippen LogP contribution is -2.64. The SMILES string of the molecule is NC1C2CC3CC1CC(C2)C31OCCO1. The van der Waals surface area contributed by atoms with Crippen LogP contribution in [0.3, 0.4) is 0 Å². The minimum Gasteiger partial charge on any atom is -0.347 e. The van der Waals surface area contributed by atoms with E-state index in [9.17, 15) is 0 Å². The van der Waals surface area contributed by atoms with E-state index in [1.54, 1.807) is 0 Å². The van der Waals surface area contributed by atoms with E-state index in [2.05, 4.69) is 0 Å². The molecule has 0 unspecified atom stereocenters. The smallest absolute Gasteiger partial charge is 0.174 e. The average molecular weight is 209 g/mol. The molecule has 0 aromatic carbocycles. The Bertz CT molecular complexity index is 253. The number of hydrogen-bond acceptors (Lipinski definition) is 3. The molecule has 15 heavy (non-hydrogen) atoms. The molecule has 1 spiro atoms. The van der Waals surface area contributed by atoms with E-state index in [4.69, 9.17) is 15.2 Å². The Balaban J connectivity index is 1.71. The van der Waals surface area contributed by atoms with E-state index in [1.165, 1.54) is 25.7 Å². The highest BCUT2D eigenvalue weighted by atomic mass is 16.7. The van der Waals surface area contributed by atoms with Crippen LogP contribution in [0.15, 0.2) is 0 Å². The molecule has 4 saturated carbocycles. The van der Waals surface area contributed by atoms with Crippen molar-refractivity contribution in [3.63, 3.8) is 0 Å². The Morgan fingerprint density at radius 3 is 1.80 bits per heavy atom. The zero-order chi connectivity index (χ0) is 10.0. The first-order valence-corrected chi connectivity index (χ1v) is 6.33. The standard InChI is InChI=1S/C12H19NO2/c13-11-7-3-9-5-8(11)6-10(4-7)12(9)14-1-2-15-12/h7-11H,1-6,13H2. The molecule has 1 aliphatic heterocycles. The molecule has 5 aliphatic rings. The molecular formula is C12H19NO2. The van der Waals surface area contributed by atoms with Gasteiger partial charge in [-0.2, -0.15) is 0 Å². The average Bonchev–Trinajstić information content (AvgIpc) is 2.66. The first-order chi connectivity index (χ1) is 7.29. The Morgan fingerprint density at radius 2 is 1.33 bits per heavy atom. The van der Waals surface area contributed by atoms with Crippen LogP contribution in [0, 0.1) is 23.7 Å². The predicted molar refractivity (Wildman–Crippen MR) is 55.0 cm³/mol. The Hall–Kier alpha value is -0.120. The lowest BCUT2D eigenvalue weighted by Gasteiger charge is -2.60. The summed E-state index contributed by atoms with van der Waals surface area (Å²) in [6.07, 6.45) is 4.98. The maximum atomic E-state index is 6.27. The summed E-state index contributed by atoms with van der Waals surface area (Å²) in [5.41, 5.74) is 6.27. The quantitative estimate of drug-likeness (QED) is 0.650. The highest BCUT2D eigenvalue weighted by Gasteiger charge is 2.62. The first-order valence-electron chi connectivity index (χ1n) is 6.33. The topological polar surface area (TPSA) is 44.5 Å². The third-order valence-electron chi connectivity index (χ3n) is 5.31. The molecule has 1 heterocycles. The zero-order valence-corrected chi connectivity index (χ0v) is 9.02. The van der Waals surface area contributed by atoms with E-state index >= 15 is 0 Å². The lowest BCUT2D eigenvalue weighted by molar-refractivity contribution is -0.290. The van der Waals surface area contributed by atoms with E-state index in [1.807, 2.05) is 0 Å². The third kappa shape index (κ3) is 0.973. The van der Waals surface area contributed by atoms with E-state index in [-0.39, 0.29) is 5.79 Å². The molecule has 0 aromatic rings. The molecule has 0 aromatic heterocycles. The van der Waals surface area contributed by atoms with Crippen LogP contribution in [0.25, 0.3) is 0 Å². The van der Waals surface area contributed by atoms with Gasteiger partial charge in [0.15, 0.2) is 5.79 Å². The van der Waals surface area contributed by atoms with Crippen molar-refractivity contribution in [2.75, 3.05) is 13.2 Å². The molecule has 1 saturated heterocycles. The van der Waals surface area contributed by atoms with Gasteiger partial charge < -0.3 is 15.2 Å². The van der Waals surface area contributed by atoms with Gasteiger partial charge in [-0.25, -0.2) is 0 Å². The van der Waals surface area contributed by atoms with Gasteiger partial charge in [-0.15, -0.1) is 0 Å². The second-order valence-corrected chi connectivity index (χ2v) is 5.85. The molecule has 4 aliphatic carbocycles. The van der Waals surface area contributed by atoms with Crippen molar-refractivity contribution in [3.05, 3.63) is 0 Å². The van der Waals surface area contributed by atoms with Gasteiger partial charge in [0.05, 0.1) is 13.2 Å². The van der Waals surface area contributed by atoms with Gasteiger partial charge in [0, 0.05) is 17.9 Å². The summed E-state index contributed by atoms with van der Waals surface area (Å²) in [7, 11) is 0. The first kappa shape index (κ1) is 8.97. The maximum Gasteiger partial charge on any atom is 0.174 e. The van der Waals surface area contributed by atoms with Crippen molar-refractivity contribution < 1.29 is 9.47 Å². The van der Waals surface area contributed by atoms with Crippen LogP contribution in [0.4, 0.5) is 0 Å². The van der Waals surface area contributed by atoms with Crippen LogP contribution >= 0.6 is 0 Å². The second-order valence-electron chi connectivity index (χ2n) is 5.85. The fourth-order valence-electron chi connectivity index (χ4n) is 4.77. The molecule has 5 rings (SSSR count). The largest absolute Gasteiger partial charge is 0.347 e. The van der Waals surface area contributed by atoms with Gasteiger partial charge in [0.1, 0.15) is 0 Å². The molecule has 3 nitrogen and oxygen atoms in total. The lowest BCUT2D eigenvalue weighted by atomic mass is 9.51. The minimum atomic E-state index is -0.173. The van der Waals surface area contributed by atoms with E-state index in [0.29, 0.717) is 17.9 Å². The Morgan fingerprint density at radius 1 is 0.867 bits per heavy atom.